The highest BCUT2D eigenvalue weighted by atomic mass is 14.2. The zero-order valence-electron chi connectivity index (χ0n) is 6.40. The van der Waals surface area contributed by atoms with E-state index in [1.807, 2.05) is 0 Å². The highest BCUT2D eigenvalue weighted by Gasteiger charge is 2.10. The molecule has 0 N–H and O–H groups in total. The van der Waals surface area contributed by atoms with Crippen LogP contribution >= 0.6 is 0 Å². The fraction of sp³-hybridized carbons (Fsp3) is 0.600. The maximum absolute atomic E-state index is 2.29. The van der Waals surface area contributed by atoms with Crippen LogP contribution in [0.4, 0.5) is 0 Å². The van der Waals surface area contributed by atoms with Gasteiger partial charge in [-0.1, -0.05) is 25.0 Å². The van der Waals surface area contributed by atoms with Crippen LogP contribution in [0.25, 0.3) is 0 Å². The molecule has 2 aliphatic rings. The van der Waals surface area contributed by atoms with Crippen molar-refractivity contribution in [3.8, 4) is 0 Å². The SMILES string of the molecule is C1=CC2=C1CCCCCC2. The Hall–Kier alpha value is -0.520. The summed E-state index contributed by atoms with van der Waals surface area (Å²) in [6.07, 6.45) is 13.0. The largest absolute Gasteiger partial charge is 0.0585 e. The average Bonchev–Trinajstić information content (AvgIpc) is 1.89. The summed E-state index contributed by atoms with van der Waals surface area (Å²) in [5, 5.41) is 0. The van der Waals surface area contributed by atoms with Gasteiger partial charge in [-0.15, -0.1) is 0 Å². The summed E-state index contributed by atoms with van der Waals surface area (Å²) in [5.74, 6) is 0. The molecule has 0 amide bonds. The average molecular weight is 134 g/mol. The molecule has 2 aliphatic carbocycles. The van der Waals surface area contributed by atoms with Gasteiger partial charge in [-0.3, -0.25) is 0 Å². The van der Waals surface area contributed by atoms with Gasteiger partial charge in [0.1, 0.15) is 0 Å². The summed E-state index contributed by atoms with van der Waals surface area (Å²) < 4.78 is 0. The van der Waals surface area contributed by atoms with Crippen molar-refractivity contribution in [2.24, 2.45) is 0 Å². The Morgan fingerprint density at radius 1 is 0.700 bits per heavy atom. The molecule has 2 rings (SSSR count). The minimum atomic E-state index is 1.35. The molecule has 0 aromatic rings. The molecule has 0 heterocycles. The Balaban J connectivity index is 2.02. The first-order chi connectivity index (χ1) is 4.97. The summed E-state index contributed by atoms with van der Waals surface area (Å²) in [6, 6.07) is 0. The Morgan fingerprint density at radius 3 is 1.60 bits per heavy atom. The highest BCUT2D eigenvalue weighted by molar-refractivity contribution is 5.44. The lowest BCUT2D eigenvalue weighted by atomic mass is 9.87. The summed E-state index contributed by atoms with van der Waals surface area (Å²) >= 11 is 0. The van der Waals surface area contributed by atoms with E-state index in [0.29, 0.717) is 0 Å². The zero-order chi connectivity index (χ0) is 6.81. The van der Waals surface area contributed by atoms with Crippen LogP contribution in [0.3, 0.4) is 0 Å². The van der Waals surface area contributed by atoms with Gasteiger partial charge in [0.15, 0.2) is 0 Å². The van der Waals surface area contributed by atoms with Crippen molar-refractivity contribution in [1.82, 2.24) is 0 Å². The smallest absolute Gasteiger partial charge is 0.0276 e. The second-order valence-electron chi connectivity index (χ2n) is 3.30. The quantitative estimate of drug-likeness (QED) is 0.477. The van der Waals surface area contributed by atoms with Gasteiger partial charge < -0.3 is 0 Å². The van der Waals surface area contributed by atoms with Crippen molar-refractivity contribution in [3.63, 3.8) is 0 Å². The van der Waals surface area contributed by atoms with Crippen LogP contribution in [0.1, 0.15) is 38.5 Å². The van der Waals surface area contributed by atoms with E-state index in [0.717, 1.165) is 0 Å². The van der Waals surface area contributed by atoms with Crippen molar-refractivity contribution >= 4 is 0 Å². The molecule has 0 heteroatoms. The molecule has 0 nitrogen and oxygen atoms in total. The van der Waals surface area contributed by atoms with Crippen LogP contribution in [-0.4, -0.2) is 0 Å². The lowest BCUT2D eigenvalue weighted by Gasteiger charge is -2.19. The molecule has 0 radical (unpaired) electrons. The van der Waals surface area contributed by atoms with E-state index >= 15 is 0 Å². The molecule has 0 atom stereocenters. The molecule has 0 aromatic carbocycles. The predicted octanol–water partition coefficient (Wildman–Crippen LogP) is 3.21. The minimum absolute atomic E-state index is 1.35. The van der Waals surface area contributed by atoms with E-state index in [1.54, 1.807) is 11.1 Å². The van der Waals surface area contributed by atoms with Crippen LogP contribution in [-0.2, 0) is 0 Å². The van der Waals surface area contributed by atoms with E-state index < -0.39 is 0 Å². The highest BCUT2D eigenvalue weighted by Crippen LogP contribution is 2.30. The second-order valence-corrected chi connectivity index (χ2v) is 3.30. The molecular weight excluding hydrogens is 120 g/mol. The maximum atomic E-state index is 2.29. The normalized spacial score (nSPS) is 24.8. The summed E-state index contributed by atoms with van der Waals surface area (Å²) in [6.45, 7) is 0. The van der Waals surface area contributed by atoms with Gasteiger partial charge in [0.05, 0.1) is 0 Å². The van der Waals surface area contributed by atoms with E-state index in [2.05, 4.69) is 12.2 Å². The monoisotopic (exact) mass is 134 g/mol. The Labute approximate surface area is 62.6 Å². The van der Waals surface area contributed by atoms with Gasteiger partial charge in [0, 0.05) is 0 Å². The summed E-state index contributed by atoms with van der Waals surface area (Å²) in [4.78, 5) is 0. The zero-order valence-corrected chi connectivity index (χ0v) is 6.40. The molecule has 10 heavy (non-hydrogen) atoms. The van der Waals surface area contributed by atoms with E-state index in [9.17, 15) is 0 Å². The Kier molecular flexibility index (Phi) is 1.62. The number of allylic oxidation sites excluding steroid dienone is 4. The fourth-order valence-corrected chi connectivity index (χ4v) is 1.79. The first-order valence-electron chi connectivity index (χ1n) is 4.37. The first-order valence-corrected chi connectivity index (χ1v) is 4.37. The van der Waals surface area contributed by atoms with Crippen molar-refractivity contribution in [2.75, 3.05) is 0 Å². The summed E-state index contributed by atoms with van der Waals surface area (Å²) in [7, 11) is 0. The first kappa shape index (κ1) is 6.21. The Morgan fingerprint density at radius 2 is 1.20 bits per heavy atom. The molecule has 0 saturated carbocycles. The molecule has 0 unspecified atom stereocenters. The Bertz CT molecular complexity index is 164. The third-order valence-electron chi connectivity index (χ3n) is 2.54. The van der Waals surface area contributed by atoms with Gasteiger partial charge in [0.2, 0.25) is 0 Å². The third-order valence-corrected chi connectivity index (χ3v) is 2.54. The molecular formula is C10H14. The van der Waals surface area contributed by atoms with Crippen molar-refractivity contribution < 1.29 is 0 Å². The molecule has 0 bridgehead atoms. The number of rotatable bonds is 0. The molecule has 0 aliphatic heterocycles. The molecule has 54 valence electrons. The summed E-state index contributed by atoms with van der Waals surface area (Å²) in [5.41, 5.74) is 3.30. The van der Waals surface area contributed by atoms with E-state index in [1.165, 1.54) is 38.5 Å². The van der Waals surface area contributed by atoms with Crippen molar-refractivity contribution in [1.29, 1.82) is 0 Å². The van der Waals surface area contributed by atoms with Gasteiger partial charge in [0.25, 0.3) is 0 Å². The third kappa shape index (κ3) is 1.03. The standard InChI is InChI=1S/C10H14/c1-2-4-6-10-8-7-9(10)5-3-1/h7-8H,1-6H2. The lowest BCUT2D eigenvalue weighted by molar-refractivity contribution is 0.616. The van der Waals surface area contributed by atoms with Crippen LogP contribution in [0, 0.1) is 0 Å². The molecule has 0 fully saturated rings. The fourth-order valence-electron chi connectivity index (χ4n) is 1.79. The van der Waals surface area contributed by atoms with Crippen LogP contribution in [0.2, 0.25) is 0 Å². The van der Waals surface area contributed by atoms with Crippen molar-refractivity contribution in [3.05, 3.63) is 23.3 Å². The van der Waals surface area contributed by atoms with Crippen LogP contribution in [0.5, 0.6) is 0 Å². The molecule has 0 saturated heterocycles. The molecule has 0 spiro atoms. The van der Waals surface area contributed by atoms with Gasteiger partial charge >= 0.3 is 0 Å². The van der Waals surface area contributed by atoms with E-state index in [4.69, 9.17) is 0 Å². The van der Waals surface area contributed by atoms with Gasteiger partial charge in [-0.25, -0.2) is 0 Å². The topological polar surface area (TPSA) is 0 Å². The number of hydrogen-bond donors (Lipinski definition) is 0. The molecule has 0 aromatic heterocycles. The number of hydrogen-bond acceptors (Lipinski definition) is 0. The lowest BCUT2D eigenvalue weighted by Crippen LogP contribution is -1.99. The van der Waals surface area contributed by atoms with Crippen LogP contribution in [0.15, 0.2) is 23.3 Å². The maximum Gasteiger partial charge on any atom is -0.0276 e. The van der Waals surface area contributed by atoms with Crippen molar-refractivity contribution in [2.45, 2.75) is 38.5 Å². The predicted molar refractivity (Wildman–Crippen MR) is 43.9 cm³/mol. The van der Waals surface area contributed by atoms with Gasteiger partial charge in [-0.2, -0.15) is 0 Å². The van der Waals surface area contributed by atoms with E-state index in [-0.39, 0.29) is 0 Å². The van der Waals surface area contributed by atoms with Gasteiger partial charge in [-0.05, 0) is 36.8 Å². The van der Waals surface area contributed by atoms with Crippen LogP contribution < -0.4 is 0 Å². The minimum Gasteiger partial charge on any atom is -0.0585 e. The second kappa shape index (κ2) is 2.61.